The number of piperidine rings is 1. The summed E-state index contributed by atoms with van der Waals surface area (Å²) in [5.74, 6) is 0.262. The summed E-state index contributed by atoms with van der Waals surface area (Å²) in [7, 11) is 1.52. The Morgan fingerprint density at radius 3 is 2.52 bits per heavy atom. The predicted molar refractivity (Wildman–Crippen MR) is 124 cm³/mol. The van der Waals surface area contributed by atoms with Crippen molar-refractivity contribution in [1.82, 2.24) is 10.2 Å². The fourth-order valence-electron chi connectivity index (χ4n) is 3.44. The second kappa shape index (κ2) is 11.5. The maximum Gasteiger partial charge on any atom is 0.255 e. The van der Waals surface area contributed by atoms with Crippen LogP contribution in [0.5, 0.6) is 5.75 Å². The van der Waals surface area contributed by atoms with Crippen molar-refractivity contribution in [2.75, 3.05) is 25.9 Å². The van der Waals surface area contributed by atoms with E-state index in [-0.39, 0.29) is 36.8 Å². The van der Waals surface area contributed by atoms with Crippen LogP contribution >= 0.6 is 36.4 Å². The minimum Gasteiger partial charge on any atom is -0.496 e. The lowest BCUT2D eigenvalue weighted by Crippen LogP contribution is -2.44. The van der Waals surface area contributed by atoms with Gasteiger partial charge in [0.1, 0.15) is 5.75 Å². The highest BCUT2D eigenvalue weighted by molar-refractivity contribution is 6.33. The average molecular weight is 461 g/mol. The van der Waals surface area contributed by atoms with E-state index in [1.807, 2.05) is 0 Å². The number of nitrogens with two attached hydrogens (primary N) is 1. The van der Waals surface area contributed by atoms with Crippen molar-refractivity contribution in [3.63, 3.8) is 0 Å². The van der Waals surface area contributed by atoms with Crippen LogP contribution < -0.4 is 15.8 Å². The molecule has 160 valence electrons. The standard InChI is InChI=1S/C21H26ClN3O2.2ClH/c1-14-5-3-4-6-15(14)13-25-9-7-16(8-10-25)24-21(26)17-11-18(22)19(23)12-20(17)27-2;;/h3-6,11-12,16H,7-10,13,23H2,1-2H3,(H,24,26);2*1H. The first kappa shape index (κ1) is 25.4. The highest BCUT2D eigenvalue weighted by Gasteiger charge is 2.23. The van der Waals surface area contributed by atoms with Crippen molar-refractivity contribution >= 4 is 48.0 Å². The van der Waals surface area contributed by atoms with Crippen molar-refractivity contribution in [1.29, 1.82) is 0 Å². The zero-order chi connectivity index (χ0) is 19.4. The van der Waals surface area contributed by atoms with E-state index >= 15 is 0 Å². The second-order valence-electron chi connectivity index (χ2n) is 7.02. The van der Waals surface area contributed by atoms with Crippen LogP contribution in [0.25, 0.3) is 0 Å². The molecule has 1 aliphatic rings. The number of nitrogens with zero attached hydrogens (tertiary/aromatic N) is 1. The van der Waals surface area contributed by atoms with Gasteiger partial charge in [-0.15, -0.1) is 24.8 Å². The van der Waals surface area contributed by atoms with Crippen LogP contribution in [0.4, 0.5) is 5.69 Å². The number of nitrogens with one attached hydrogen (secondary N) is 1. The molecule has 0 atom stereocenters. The summed E-state index contributed by atoms with van der Waals surface area (Å²) in [5, 5.41) is 3.46. The quantitative estimate of drug-likeness (QED) is 0.646. The molecule has 0 bridgehead atoms. The number of amides is 1. The topological polar surface area (TPSA) is 67.6 Å². The van der Waals surface area contributed by atoms with Crippen LogP contribution in [0.3, 0.4) is 0 Å². The van der Waals surface area contributed by atoms with E-state index in [9.17, 15) is 4.79 Å². The molecule has 5 nitrogen and oxygen atoms in total. The van der Waals surface area contributed by atoms with E-state index < -0.39 is 0 Å². The molecule has 0 spiro atoms. The number of hydrogen-bond acceptors (Lipinski definition) is 4. The molecule has 2 aromatic carbocycles. The van der Waals surface area contributed by atoms with Crippen LogP contribution in [0, 0.1) is 6.92 Å². The Hall–Kier alpha value is -1.66. The number of aryl methyl sites for hydroxylation is 1. The first-order valence-corrected chi connectivity index (χ1v) is 9.56. The Labute approximate surface area is 189 Å². The van der Waals surface area contributed by atoms with Crippen LogP contribution in [0.2, 0.25) is 5.02 Å². The summed E-state index contributed by atoms with van der Waals surface area (Å²) in [6, 6.07) is 11.8. The van der Waals surface area contributed by atoms with Gasteiger partial charge in [0.2, 0.25) is 0 Å². The first-order valence-electron chi connectivity index (χ1n) is 9.18. The van der Waals surface area contributed by atoms with Gasteiger partial charge in [-0.1, -0.05) is 35.9 Å². The number of likely N-dealkylation sites (tertiary alicyclic amines) is 1. The van der Waals surface area contributed by atoms with E-state index in [2.05, 4.69) is 41.4 Å². The number of halogens is 3. The van der Waals surface area contributed by atoms with E-state index in [1.54, 1.807) is 12.1 Å². The molecule has 3 rings (SSSR count). The third-order valence-electron chi connectivity index (χ3n) is 5.14. The fraction of sp³-hybridized carbons (Fsp3) is 0.381. The van der Waals surface area contributed by atoms with Crippen molar-refractivity contribution in [3.05, 3.63) is 58.1 Å². The summed E-state index contributed by atoms with van der Waals surface area (Å²) in [4.78, 5) is 15.1. The number of nitrogen functional groups attached to an aromatic ring is 1. The molecule has 0 unspecified atom stereocenters. The normalized spacial score (nSPS) is 14.4. The summed E-state index contributed by atoms with van der Waals surface area (Å²) in [6.45, 7) is 5.01. The molecule has 29 heavy (non-hydrogen) atoms. The van der Waals surface area contributed by atoms with E-state index in [1.165, 1.54) is 18.2 Å². The van der Waals surface area contributed by atoms with Gasteiger partial charge in [-0.3, -0.25) is 9.69 Å². The summed E-state index contributed by atoms with van der Waals surface area (Å²) >= 11 is 6.07. The molecular weight excluding hydrogens is 433 g/mol. The zero-order valence-electron chi connectivity index (χ0n) is 16.6. The number of anilines is 1. The smallest absolute Gasteiger partial charge is 0.255 e. The minimum atomic E-state index is -0.175. The maximum absolute atomic E-state index is 12.7. The number of hydrogen-bond donors (Lipinski definition) is 2. The van der Waals surface area contributed by atoms with E-state index in [0.717, 1.165) is 32.5 Å². The highest BCUT2D eigenvalue weighted by atomic mass is 35.5. The molecule has 1 saturated heterocycles. The van der Waals surface area contributed by atoms with Crippen molar-refractivity contribution in [2.24, 2.45) is 0 Å². The summed E-state index contributed by atoms with van der Waals surface area (Å²) in [6.07, 6.45) is 1.84. The molecule has 1 heterocycles. The van der Waals surface area contributed by atoms with Gasteiger partial charge in [0, 0.05) is 31.7 Å². The summed E-state index contributed by atoms with van der Waals surface area (Å²) < 4.78 is 5.28. The van der Waals surface area contributed by atoms with Gasteiger partial charge < -0.3 is 15.8 Å². The molecule has 8 heteroatoms. The Bertz CT molecular complexity index is 825. The fourth-order valence-corrected chi connectivity index (χ4v) is 3.61. The van der Waals surface area contributed by atoms with E-state index in [4.69, 9.17) is 22.1 Å². The van der Waals surface area contributed by atoms with Gasteiger partial charge in [0.25, 0.3) is 5.91 Å². The minimum absolute atomic E-state index is 0. The van der Waals surface area contributed by atoms with Crippen molar-refractivity contribution in [3.8, 4) is 5.75 Å². The third-order valence-corrected chi connectivity index (χ3v) is 5.47. The van der Waals surface area contributed by atoms with Gasteiger partial charge in [0.15, 0.2) is 0 Å². The Kier molecular flexibility index (Phi) is 10.1. The molecule has 0 radical (unpaired) electrons. The second-order valence-corrected chi connectivity index (χ2v) is 7.43. The van der Waals surface area contributed by atoms with E-state index in [0.29, 0.717) is 22.0 Å². The lowest BCUT2D eigenvalue weighted by molar-refractivity contribution is 0.0906. The monoisotopic (exact) mass is 459 g/mol. The number of carbonyl (C=O) groups is 1. The molecule has 1 aliphatic heterocycles. The molecular formula is C21H28Cl3N3O2. The Balaban J connectivity index is 0.00000210. The molecule has 1 fully saturated rings. The first-order chi connectivity index (χ1) is 13.0. The number of carbonyl (C=O) groups excluding carboxylic acids is 1. The average Bonchev–Trinajstić information content (AvgIpc) is 2.67. The number of benzene rings is 2. The Morgan fingerprint density at radius 2 is 1.90 bits per heavy atom. The van der Waals surface area contributed by atoms with Gasteiger partial charge in [-0.25, -0.2) is 0 Å². The van der Waals surface area contributed by atoms with Crippen LogP contribution in [0.15, 0.2) is 36.4 Å². The number of methoxy groups -OCH3 is 1. The largest absolute Gasteiger partial charge is 0.496 e. The van der Waals surface area contributed by atoms with Crippen molar-refractivity contribution in [2.45, 2.75) is 32.4 Å². The lowest BCUT2D eigenvalue weighted by atomic mass is 10.0. The third kappa shape index (κ3) is 6.41. The molecule has 2 aromatic rings. The molecule has 3 N–H and O–H groups in total. The van der Waals surface area contributed by atoms with Gasteiger partial charge in [-0.05, 0) is 37.0 Å². The van der Waals surface area contributed by atoms with Gasteiger partial charge in [-0.2, -0.15) is 0 Å². The van der Waals surface area contributed by atoms with Gasteiger partial charge in [0.05, 0.1) is 23.4 Å². The lowest BCUT2D eigenvalue weighted by Gasteiger charge is -2.32. The molecule has 0 saturated carbocycles. The zero-order valence-corrected chi connectivity index (χ0v) is 19.0. The number of ether oxygens (including phenoxy) is 1. The molecule has 0 aliphatic carbocycles. The van der Waals surface area contributed by atoms with Crippen LogP contribution in [-0.2, 0) is 6.54 Å². The summed E-state index contributed by atoms with van der Waals surface area (Å²) in [5.41, 5.74) is 9.28. The SMILES string of the molecule is COc1cc(N)c(Cl)cc1C(=O)NC1CCN(Cc2ccccc2C)CC1.Cl.Cl. The number of rotatable bonds is 5. The van der Waals surface area contributed by atoms with Crippen molar-refractivity contribution < 1.29 is 9.53 Å². The van der Waals surface area contributed by atoms with Gasteiger partial charge >= 0.3 is 0 Å². The highest BCUT2D eigenvalue weighted by Crippen LogP contribution is 2.29. The molecule has 1 amide bonds. The predicted octanol–water partition coefficient (Wildman–Crippen LogP) is 4.48. The van der Waals surface area contributed by atoms with Crippen LogP contribution in [-0.4, -0.2) is 37.0 Å². The Morgan fingerprint density at radius 1 is 1.24 bits per heavy atom. The maximum atomic E-state index is 12.7. The molecule has 0 aromatic heterocycles. The van der Waals surface area contributed by atoms with Crippen LogP contribution in [0.1, 0.15) is 34.3 Å².